The number of carbonyl (C=O) groups excluding carboxylic acids is 1. The molecule has 0 radical (unpaired) electrons. The zero-order chi connectivity index (χ0) is 9.26. The van der Waals surface area contributed by atoms with E-state index in [0.717, 1.165) is 0 Å². The predicted octanol–water partition coefficient (Wildman–Crippen LogP) is 2.35. The van der Waals surface area contributed by atoms with Crippen LogP contribution in [0, 0.1) is 0 Å². The van der Waals surface area contributed by atoms with Crippen molar-refractivity contribution >= 4 is 5.97 Å². The van der Waals surface area contributed by atoms with E-state index >= 15 is 0 Å². The quantitative estimate of drug-likeness (QED) is 0.646. The van der Waals surface area contributed by atoms with Gasteiger partial charge >= 0.3 is 5.97 Å². The summed E-state index contributed by atoms with van der Waals surface area (Å²) < 4.78 is 4.65. The van der Waals surface area contributed by atoms with Crippen LogP contribution in [0.5, 0.6) is 0 Å². The van der Waals surface area contributed by atoms with Gasteiger partial charge < -0.3 is 4.74 Å². The minimum absolute atomic E-state index is 0.248. The van der Waals surface area contributed by atoms with Crippen LogP contribution in [-0.4, -0.2) is 13.1 Å². The van der Waals surface area contributed by atoms with E-state index in [-0.39, 0.29) is 5.97 Å². The molecule has 0 unspecified atom stereocenters. The molecular formula is C11H12O2. The number of hydrogen-bond donors (Lipinski definition) is 0. The number of ether oxygens (including phenoxy) is 1. The first-order chi connectivity index (χ1) is 6.31. The number of benzene rings is 1. The van der Waals surface area contributed by atoms with E-state index in [2.05, 4.69) is 10.8 Å². The van der Waals surface area contributed by atoms with Crippen molar-refractivity contribution in [2.75, 3.05) is 7.11 Å². The first-order valence-electron chi connectivity index (χ1n) is 4.49. The van der Waals surface area contributed by atoms with E-state index in [4.69, 9.17) is 0 Å². The molecular weight excluding hydrogens is 164 g/mol. The summed E-state index contributed by atoms with van der Waals surface area (Å²) in [5.74, 6) is 0.437. The number of esters is 1. The van der Waals surface area contributed by atoms with Crippen molar-refractivity contribution in [1.82, 2.24) is 0 Å². The van der Waals surface area contributed by atoms with Crippen LogP contribution < -0.4 is 0 Å². The summed E-state index contributed by atoms with van der Waals surface area (Å²) in [6.07, 6.45) is 2.51. The van der Waals surface area contributed by atoms with Crippen molar-refractivity contribution in [3.8, 4) is 0 Å². The predicted molar refractivity (Wildman–Crippen MR) is 49.8 cm³/mol. The molecule has 0 aliphatic heterocycles. The molecule has 0 amide bonds. The van der Waals surface area contributed by atoms with Gasteiger partial charge in [0.05, 0.1) is 12.7 Å². The summed E-state index contributed by atoms with van der Waals surface area (Å²) in [4.78, 5) is 11.2. The van der Waals surface area contributed by atoms with Gasteiger partial charge in [0.1, 0.15) is 0 Å². The molecule has 0 heterocycles. The lowest BCUT2D eigenvalue weighted by Gasteiger charge is -2.01. The van der Waals surface area contributed by atoms with Gasteiger partial charge in [0, 0.05) is 0 Å². The molecule has 2 rings (SSSR count). The van der Waals surface area contributed by atoms with Gasteiger partial charge in [-0.3, -0.25) is 0 Å². The zero-order valence-electron chi connectivity index (χ0n) is 7.62. The Balaban J connectivity index is 2.26. The Kier molecular flexibility index (Phi) is 2.05. The van der Waals surface area contributed by atoms with Crippen molar-refractivity contribution in [1.29, 1.82) is 0 Å². The number of rotatable bonds is 2. The highest BCUT2D eigenvalue weighted by atomic mass is 16.5. The van der Waals surface area contributed by atoms with E-state index in [9.17, 15) is 4.79 Å². The Morgan fingerprint density at radius 1 is 1.46 bits per heavy atom. The normalized spacial score (nSPS) is 15.5. The second-order valence-corrected chi connectivity index (χ2v) is 3.39. The maximum absolute atomic E-state index is 11.2. The van der Waals surface area contributed by atoms with Gasteiger partial charge in [0.15, 0.2) is 0 Å². The molecule has 1 saturated carbocycles. The van der Waals surface area contributed by atoms with Crippen LogP contribution >= 0.6 is 0 Å². The van der Waals surface area contributed by atoms with E-state index in [1.54, 1.807) is 6.07 Å². The van der Waals surface area contributed by atoms with Gasteiger partial charge in [-0.2, -0.15) is 0 Å². The molecule has 1 aliphatic carbocycles. The highest BCUT2D eigenvalue weighted by Gasteiger charge is 2.23. The molecule has 1 fully saturated rings. The fraction of sp³-hybridized carbons (Fsp3) is 0.364. The molecule has 0 saturated heterocycles. The lowest BCUT2D eigenvalue weighted by atomic mass is 10.1. The smallest absolute Gasteiger partial charge is 0.337 e. The third-order valence-electron chi connectivity index (χ3n) is 2.36. The summed E-state index contributed by atoms with van der Waals surface area (Å²) in [5, 5.41) is 0. The SMILES string of the molecule is COC(=O)c1cccc(C2CC2)c1. The van der Waals surface area contributed by atoms with E-state index in [0.29, 0.717) is 11.5 Å². The molecule has 2 heteroatoms. The molecule has 13 heavy (non-hydrogen) atoms. The first kappa shape index (κ1) is 8.30. The fourth-order valence-electron chi connectivity index (χ4n) is 1.45. The molecule has 0 aromatic heterocycles. The summed E-state index contributed by atoms with van der Waals surface area (Å²) in [7, 11) is 1.41. The van der Waals surface area contributed by atoms with Crippen LogP contribution in [-0.2, 0) is 4.74 Å². The average molecular weight is 176 g/mol. The van der Waals surface area contributed by atoms with Gasteiger partial charge in [-0.25, -0.2) is 4.79 Å². The molecule has 1 aliphatic rings. The Labute approximate surface area is 77.5 Å². The Bertz CT molecular complexity index is 327. The second kappa shape index (κ2) is 3.21. The number of methoxy groups -OCH3 is 1. The zero-order valence-corrected chi connectivity index (χ0v) is 7.62. The van der Waals surface area contributed by atoms with Crippen LogP contribution in [0.1, 0.15) is 34.7 Å². The van der Waals surface area contributed by atoms with E-state index in [1.807, 2.05) is 12.1 Å². The molecule has 2 nitrogen and oxygen atoms in total. The Morgan fingerprint density at radius 3 is 2.85 bits per heavy atom. The molecule has 0 N–H and O–H groups in total. The highest BCUT2D eigenvalue weighted by Crippen LogP contribution is 2.40. The largest absolute Gasteiger partial charge is 0.465 e. The van der Waals surface area contributed by atoms with E-state index in [1.165, 1.54) is 25.5 Å². The van der Waals surface area contributed by atoms with Crippen LogP contribution in [0.4, 0.5) is 0 Å². The second-order valence-electron chi connectivity index (χ2n) is 3.39. The summed E-state index contributed by atoms with van der Waals surface area (Å²) >= 11 is 0. The summed E-state index contributed by atoms with van der Waals surface area (Å²) in [6, 6.07) is 7.71. The van der Waals surface area contributed by atoms with E-state index < -0.39 is 0 Å². The Morgan fingerprint density at radius 2 is 2.23 bits per heavy atom. The molecule has 68 valence electrons. The fourth-order valence-corrected chi connectivity index (χ4v) is 1.45. The number of hydrogen-bond acceptors (Lipinski definition) is 2. The average Bonchev–Trinajstić information content (AvgIpc) is 3.00. The van der Waals surface area contributed by atoms with Crippen LogP contribution in [0.2, 0.25) is 0 Å². The van der Waals surface area contributed by atoms with Crippen LogP contribution in [0.25, 0.3) is 0 Å². The van der Waals surface area contributed by atoms with Crippen molar-refractivity contribution in [2.24, 2.45) is 0 Å². The lowest BCUT2D eigenvalue weighted by molar-refractivity contribution is 0.0600. The van der Waals surface area contributed by atoms with Gasteiger partial charge in [-0.1, -0.05) is 12.1 Å². The van der Waals surface area contributed by atoms with Gasteiger partial charge in [-0.15, -0.1) is 0 Å². The molecule has 0 atom stereocenters. The van der Waals surface area contributed by atoms with Crippen molar-refractivity contribution < 1.29 is 9.53 Å². The summed E-state index contributed by atoms with van der Waals surface area (Å²) in [5.41, 5.74) is 1.93. The molecule has 0 bridgehead atoms. The monoisotopic (exact) mass is 176 g/mol. The third kappa shape index (κ3) is 1.72. The third-order valence-corrected chi connectivity index (χ3v) is 2.36. The molecule has 0 spiro atoms. The topological polar surface area (TPSA) is 26.3 Å². The minimum Gasteiger partial charge on any atom is -0.465 e. The minimum atomic E-state index is -0.248. The molecule has 1 aromatic rings. The van der Waals surface area contributed by atoms with Gasteiger partial charge in [0.2, 0.25) is 0 Å². The lowest BCUT2D eigenvalue weighted by Crippen LogP contribution is -2.01. The molecule has 1 aromatic carbocycles. The van der Waals surface area contributed by atoms with Crippen molar-refractivity contribution in [3.63, 3.8) is 0 Å². The first-order valence-corrected chi connectivity index (χ1v) is 4.49. The maximum atomic E-state index is 11.2. The van der Waals surface area contributed by atoms with Crippen LogP contribution in [0.3, 0.4) is 0 Å². The standard InChI is InChI=1S/C11H12O2/c1-13-11(12)10-4-2-3-9(7-10)8-5-6-8/h2-4,7-8H,5-6H2,1H3. The highest BCUT2D eigenvalue weighted by molar-refractivity contribution is 5.89. The number of carbonyl (C=O) groups is 1. The maximum Gasteiger partial charge on any atom is 0.337 e. The van der Waals surface area contributed by atoms with Gasteiger partial charge in [0.25, 0.3) is 0 Å². The Hall–Kier alpha value is -1.31. The summed E-state index contributed by atoms with van der Waals surface area (Å²) in [6.45, 7) is 0. The van der Waals surface area contributed by atoms with Crippen molar-refractivity contribution in [3.05, 3.63) is 35.4 Å². The van der Waals surface area contributed by atoms with Gasteiger partial charge in [-0.05, 0) is 36.5 Å². The van der Waals surface area contributed by atoms with Crippen LogP contribution in [0.15, 0.2) is 24.3 Å². The van der Waals surface area contributed by atoms with Crippen molar-refractivity contribution in [2.45, 2.75) is 18.8 Å².